The SMILES string of the molecule is CCc1nc2ccc(C(F)F)c(-c3cc(C)c4c(c3)CC(O)N4)n2n1. The highest BCUT2D eigenvalue weighted by molar-refractivity contribution is 5.74. The van der Waals surface area contributed by atoms with E-state index in [1.54, 1.807) is 6.07 Å². The monoisotopic (exact) mass is 344 g/mol. The van der Waals surface area contributed by atoms with Crippen LogP contribution >= 0.6 is 0 Å². The van der Waals surface area contributed by atoms with Gasteiger partial charge in [-0.05, 0) is 42.3 Å². The van der Waals surface area contributed by atoms with Crippen molar-refractivity contribution in [2.24, 2.45) is 0 Å². The number of halogens is 2. The molecular weight excluding hydrogens is 326 g/mol. The summed E-state index contributed by atoms with van der Waals surface area (Å²) in [6.45, 7) is 3.82. The Bertz CT molecular complexity index is 967. The van der Waals surface area contributed by atoms with E-state index in [0.29, 0.717) is 35.6 Å². The molecule has 7 heteroatoms. The maximum absolute atomic E-state index is 13.7. The van der Waals surface area contributed by atoms with Crippen LogP contribution in [0.4, 0.5) is 14.5 Å². The molecule has 4 rings (SSSR count). The first-order valence-corrected chi connectivity index (χ1v) is 8.23. The van der Waals surface area contributed by atoms with Gasteiger partial charge in [0.1, 0.15) is 6.23 Å². The number of rotatable bonds is 3. The second-order valence-electron chi connectivity index (χ2n) is 6.28. The zero-order chi connectivity index (χ0) is 17.7. The highest BCUT2D eigenvalue weighted by Gasteiger charge is 2.24. The first kappa shape index (κ1) is 16.0. The minimum atomic E-state index is -2.62. The first-order valence-electron chi connectivity index (χ1n) is 8.23. The van der Waals surface area contributed by atoms with Gasteiger partial charge in [-0.2, -0.15) is 5.10 Å². The zero-order valence-corrected chi connectivity index (χ0v) is 13.9. The Morgan fingerprint density at radius 2 is 2.16 bits per heavy atom. The molecule has 3 heterocycles. The number of hydrogen-bond acceptors (Lipinski definition) is 4. The largest absolute Gasteiger partial charge is 0.373 e. The third-order valence-corrected chi connectivity index (χ3v) is 4.54. The van der Waals surface area contributed by atoms with Crippen molar-refractivity contribution in [3.05, 3.63) is 46.8 Å². The Morgan fingerprint density at radius 1 is 1.36 bits per heavy atom. The fourth-order valence-electron chi connectivity index (χ4n) is 3.41. The number of alkyl halides is 2. The van der Waals surface area contributed by atoms with Gasteiger partial charge >= 0.3 is 0 Å². The lowest BCUT2D eigenvalue weighted by Crippen LogP contribution is -2.13. The molecule has 1 aliphatic rings. The van der Waals surface area contributed by atoms with E-state index >= 15 is 0 Å². The lowest BCUT2D eigenvalue weighted by atomic mass is 9.99. The van der Waals surface area contributed by atoms with Crippen LogP contribution in [0.2, 0.25) is 0 Å². The maximum Gasteiger partial charge on any atom is 0.265 e. The number of fused-ring (bicyclic) bond motifs is 2. The standard InChI is InChI=1S/C18H18F2N4O/c1-3-13-21-14-5-4-12(18(19)20)17(24(14)23-13)11-6-9(2)16-10(7-11)8-15(25)22-16/h4-7,15,18,22,25H,3,8H2,1-2H3. The average Bonchev–Trinajstić information content (AvgIpc) is 3.15. The van der Waals surface area contributed by atoms with E-state index in [2.05, 4.69) is 15.4 Å². The number of nitrogens with one attached hydrogen (secondary N) is 1. The smallest absolute Gasteiger partial charge is 0.265 e. The van der Waals surface area contributed by atoms with Crippen molar-refractivity contribution in [2.45, 2.75) is 39.3 Å². The van der Waals surface area contributed by atoms with Crippen LogP contribution in [0, 0.1) is 6.92 Å². The van der Waals surface area contributed by atoms with Crippen molar-refractivity contribution in [2.75, 3.05) is 5.32 Å². The molecule has 0 amide bonds. The highest BCUT2D eigenvalue weighted by Crippen LogP contribution is 2.37. The number of aliphatic hydroxyl groups excluding tert-OH is 1. The number of benzene rings is 1. The van der Waals surface area contributed by atoms with Gasteiger partial charge in [0.25, 0.3) is 6.43 Å². The summed E-state index contributed by atoms with van der Waals surface area (Å²) in [5, 5.41) is 17.2. The summed E-state index contributed by atoms with van der Waals surface area (Å²) >= 11 is 0. The second-order valence-corrected chi connectivity index (χ2v) is 6.28. The molecule has 25 heavy (non-hydrogen) atoms. The fourth-order valence-corrected chi connectivity index (χ4v) is 3.41. The van der Waals surface area contributed by atoms with Gasteiger partial charge in [-0.25, -0.2) is 18.3 Å². The minimum Gasteiger partial charge on any atom is -0.373 e. The van der Waals surface area contributed by atoms with Crippen LogP contribution in [-0.4, -0.2) is 25.9 Å². The molecule has 1 aliphatic heterocycles. The van der Waals surface area contributed by atoms with Gasteiger partial charge in [-0.15, -0.1) is 0 Å². The van der Waals surface area contributed by atoms with Gasteiger partial charge in [0.15, 0.2) is 11.5 Å². The molecular formula is C18H18F2N4O. The highest BCUT2D eigenvalue weighted by atomic mass is 19.3. The van der Waals surface area contributed by atoms with Gasteiger partial charge in [-0.3, -0.25) is 0 Å². The van der Waals surface area contributed by atoms with E-state index in [0.717, 1.165) is 16.8 Å². The molecule has 0 bridgehead atoms. The number of anilines is 1. The van der Waals surface area contributed by atoms with Crippen LogP contribution in [0.3, 0.4) is 0 Å². The van der Waals surface area contributed by atoms with Crippen LogP contribution < -0.4 is 5.32 Å². The molecule has 0 fully saturated rings. The Morgan fingerprint density at radius 3 is 2.88 bits per heavy atom. The predicted octanol–water partition coefficient (Wildman–Crippen LogP) is 3.49. The zero-order valence-electron chi connectivity index (χ0n) is 13.9. The molecule has 2 aromatic heterocycles. The van der Waals surface area contributed by atoms with E-state index in [1.165, 1.54) is 10.6 Å². The topological polar surface area (TPSA) is 62.5 Å². The number of aromatic nitrogens is 3. The van der Waals surface area contributed by atoms with Crippen molar-refractivity contribution in [3.8, 4) is 11.3 Å². The van der Waals surface area contributed by atoms with Crippen molar-refractivity contribution in [1.29, 1.82) is 0 Å². The summed E-state index contributed by atoms with van der Waals surface area (Å²) in [6, 6.07) is 6.68. The maximum atomic E-state index is 13.7. The Hall–Kier alpha value is -2.54. The number of aliphatic hydroxyl groups is 1. The summed E-state index contributed by atoms with van der Waals surface area (Å²) in [4.78, 5) is 4.38. The number of aryl methyl sites for hydroxylation is 2. The van der Waals surface area contributed by atoms with E-state index < -0.39 is 12.7 Å². The Kier molecular flexibility index (Phi) is 3.68. The normalized spacial score (nSPS) is 16.5. The quantitative estimate of drug-likeness (QED) is 0.763. The van der Waals surface area contributed by atoms with E-state index in [-0.39, 0.29) is 5.56 Å². The Balaban J connectivity index is 2.00. The van der Waals surface area contributed by atoms with Crippen LogP contribution in [0.1, 0.15) is 35.9 Å². The van der Waals surface area contributed by atoms with Crippen molar-refractivity contribution in [1.82, 2.24) is 14.6 Å². The molecule has 130 valence electrons. The van der Waals surface area contributed by atoms with Gasteiger partial charge in [0.05, 0.1) is 5.69 Å². The molecule has 0 saturated heterocycles. The molecule has 1 unspecified atom stereocenters. The van der Waals surface area contributed by atoms with Crippen molar-refractivity contribution < 1.29 is 13.9 Å². The number of nitrogens with zero attached hydrogens (tertiary/aromatic N) is 3. The Labute approximate surface area is 143 Å². The fraction of sp³-hybridized carbons (Fsp3) is 0.333. The third kappa shape index (κ3) is 2.55. The first-order chi connectivity index (χ1) is 12.0. The molecule has 3 aromatic rings. The lowest BCUT2D eigenvalue weighted by Gasteiger charge is -2.14. The summed E-state index contributed by atoms with van der Waals surface area (Å²) in [5.41, 5.74) is 4.16. The van der Waals surface area contributed by atoms with Gasteiger partial charge in [0.2, 0.25) is 0 Å². The van der Waals surface area contributed by atoms with Crippen molar-refractivity contribution >= 4 is 11.3 Å². The summed E-state index contributed by atoms with van der Waals surface area (Å²) in [6.07, 6.45) is -2.19. The van der Waals surface area contributed by atoms with Crippen LogP contribution in [0.5, 0.6) is 0 Å². The van der Waals surface area contributed by atoms with Crippen LogP contribution in [-0.2, 0) is 12.8 Å². The molecule has 0 radical (unpaired) electrons. The number of hydrogen-bond donors (Lipinski definition) is 2. The molecule has 0 aliphatic carbocycles. The van der Waals surface area contributed by atoms with Crippen molar-refractivity contribution in [3.63, 3.8) is 0 Å². The summed E-state index contributed by atoms with van der Waals surface area (Å²) in [7, 11) is 0. The van der Waals surface area contributed by atoms with Crippen LogP contribution in [0.15, 0.2) is 24.3 Å². The molecule has 5 nitrogen and oxygen atoms in total. The van der Waals surface area contributed by atoms with Crippen LogP contribution in [0.25, 0.3) is 16.9 Å². The molecule has 1 aromatic carbocycles. The molecule has 1 atom stereocenters. The van der Waals surface area contributed by atoms with E-state index in [9.17, 15) is 13.9 Å². The molecule has 0 spiro atoms. The van der Waals surface area contributed by atoms with E-state index in [4.69, 9.17) is 0 Å². The third-order valence-electron chi connectivity index (χ3n) is 4.54. The second kappa shape index (κ2) is 5.77. The average molecular weight is 344 g/mol. The van der Waals surface area contributed by atoms with Gasteiger partial charge in [0, 0.05) is 29.7 Å². The van der Waals surface area contributed by atoms with Gasteiger partial charge in [-0.1, -0.05) is 6.92 Å². The lowest BCUT2D eigenvalue weighted by molar-refractivity contribution is 0.151. The molecule has 2 N–H and O–H groups in total. The minimum absolute atomic E-state index is 0.0779. The number of pyridine rings is 1. The summed E-state index contributed by atoms with van der Waals surface area (Å²) < 4.78 is 28.8. The predicted molar refractivity (Wildman–Crippen MR) is 90.8 cm³/mol. The summed E-state index contributed by atoms with van der Waals surface area (Å²) in [5.74, 6) is 0.614. The van der Waals surface area contributed by atoms with Gasteiger partial charge < -0.3 is 10.4 Å². The van der Waals surface area contributed by atoms with E-state index in [1.807, 2.05) is 26.0 Å². The molecule has 0 saturated carbocycles.